The summed E-state index contributed by atoms with van der Waals surface area (Å²) in [5.74, 6) is 0. The minimum Gasteiger partial charge on any atom is -0.329 e. The van der Waals surface area contributed by atoms with E-state index in [-0.39, 0.29) is 5.54 Å². The molecular weight excluding hydrogens is 198 g/mol. The molecular formula is C13H29N3. The molecule has 1 rings (SSSR count). The second-order valence-corrected chi connectivity index (χ2v) is 5.59. The van der Waals surface area contributed by atoms with Crippen LogP contribution in [0.25, 0.3) is 0 Å². The second kappa shape index (κ2) is 5.48. The van der Waals surface area contributed by atoms with Crippen molar-refractivity contribution in [1.82, 2.24) is 9.80 Å². The van der Waals surface area contributed by atoms with Crippen molar-refractivity contribution in [3.05, 3.63) is 0 Å². The lowest BCUT2D eigenvalue weighted by Gasteiger charge is -2.51. The molecule has 0 radical (unpaired) electrons. The first-order valence-electron chi connectivity index (χ1n) is 6.64. The van der Waals surface area contributed by atoms with Crippen molar-refractivity contribution in [2.45, 2.75) is 58.2 Å². The van der Waals surface area contributed by atoms with Crippen LogP contribution in [0.3, 0.4) is 0 Å². The van der Waals surface area contributed by atoms with Crippen LogP contribution in [-0.2, 0) is 0 Å². The Kier molecular flexibility index (Phi) is 4.77. The molecule has 1 saturated heterocycles. The van der Waals surface area contributed by atoms with Crippen LogP contribution in [0.1, 0.15) is 40.5 Å². The molecule has 0 aromatic rings. The lowest BCUT2D eigenvalue weighted by Crippen LogP contribution is -2.62. The summed E-state index contributed by atoms with van der Waals surface area (Å²) in [6.45, 7) is 12.2. The number of likely N-dealkylation sites (N-methyl/N-ethyl adjacent to an activating group) is 1. The van der Waals surface area contributed by atoms with Crippen LogP contribution in [0.4, 0.5) is 0 Å². The molecule has 3 nitrogen and oxygen atoms in total. The number of likely N-dealkylation sites (tertiary alicyclic amines) is 1. The SMILES string of the molecule is CCN(C(C)C)C1(CN)CCN(C)C(C)C1. The molecule has 2 unspecified atom stereocenters. The molecule has 96 valence electrons. The van der Waals surface area contributed by atoms with Gasteiger partial charge in [0.15, 0.2) is 0 Å². The molecule has 0 spiro atoms. The van der Waals surface area contributed by atoms with Gasteiger partial charge in [-0.05, 0) is 53.8 Å². The molecule has 2 N–H and O–H groups in total. The van der Waals surface area contributed by atoms with E-state index in [1.807, 2.05) is 0 Å². The maximum atomic E-state index is 6.10. The predicted octanol–water partition coefficient (Wildman–Crippen LogP) is 1.53. The fourth-order valence-corrected chi connectivity index (χ4v) is 3.22. The highest BCUT2D eigenvalue weighted by atomic mass is 15.3. The third-order valence-corrected chi connectivity index (χ3v) is 4.31. The molecule has 0 aromatic carbocycles. The van der Waals surface area contributed by atoms with Crippen molar-refractivity contribution >= 4 is 0 Å². The summed E-state index contributed by atoms with van der Waals surface area (Å²) in [5.41, 5.74) is 6.33. The van der Waals surface area contributed by atoms with Crippen molar-refractivity contribution in [1.29, 1.82) is 0 Å². The predicted molar refractivity (Wildman–Crippen MR) is 70.6 cm³/mol. The van der Waals surface area contributed by atoms with Gasteiger partial charge in [-0.15, -0.1) is 0 Å². The fraction of sp³-hybridized carbons (Fsp3) is 1.00. The van der Waals surface area contributed by atoms with Crippen LogP contribution in [0.15, 0.2) is 0 Å². The van der Waals surface area contributed by atoms with Gasteiger partial charge >= 0.3 is 0 Å². The molecule has 0 aliphatic carbocycles. The molecule has 1 aliphatic heterocycles. The number of nitrogens with zero attached hydrogens (tertiary/aromatic N) is 2. The molecule has 3 heteroatoms. The Labute approximate surface area is 101 Å². The summed E-state index contributed by atoms with van der Waals surface area (Å²) in [6, 6.07) is 1.23. The van der Waals surface area contributed by atoms with Crippen molar-refractivity contribution < 1.29 is 0 Å². The number of hydrogen-bond acceptors (Lipinski definition) is 3. The summed E-state index contributed by atoms with van der Waals surface area (Å²) >= 11 is 0. The van der Waals surface area contributed by atoms with Crippen LogP contribution < -0.4 is 5.73 Å². The van der Waals surface area contributed by atoms with Gasteiger partial charge in [-0.3, -0.25) is 4.90 Å². The van der Waals surface area contributed by atoms with Crippen LogP contribution in [0.5, 0.6) is 0 Å². The lowest BCUT2D eigenvalue weighted by atomic mass is 9.81. The molecule has 16 heavy (non-hydrogen) atoms. The Balaban J connectivity index is 2.84. The van der Waals surface area contributed by atoms with E-state index in [1.165, 1.54) is 19.4 Å². The Morgan fingerprint density at radius 2 is 2.12 bits per heavy atom. The summed E-state index contributed by atoms with van der Waals surface area (Å²) in [5, 5.41) is 0. The van der Waals surface area contributed by atoms with E-state index >= 15 is 0 Å². The van der Waals surface area contributed by atoms with Gasteiger partial charge < -0.3 is 10.6 Å². The zero-order valence-electron chi connectivity index (χ0n) is 11.7. The first-order chi connectivity index (χ1) is 7.46. The molecule has 1 aliphatic rings. The van der Waals surface area contributed by atoms with Crippen molar-refractivity contribution in [2.24, 2.45) is 5.73 Å². The minimum absolute atomic E-state index is 0.231. The first kappa shape index (κ1) is 13.9. The highest BCUT2D eigenvalue weighted by Crippen LogP contribution is 2.32. The molecule has 0 saturated carbocycles. The Hall–Kier alpha value is -0.120. The standard InChI is InChI=1S/C13H29N3/c1-6-16(11(2)3)13(10-14)7-8-15(5)12(4)9-13/h11-12H,6-10,14H2,1-5H3. The average Bonchev–Trinajstić information content (AvgIpc) is 2.24. The lowest BCUT2D eigenvalue weighted by molar-refractivity contribution is -0.00498. The van der Waals surface area contributed by atoms with Crippen LogP contribution in [0, 0.1) is 0 Å². The summed E-state index contributed by atoms with van der Waals surface area (Å²) in [6.07, 6.45) is 2.41. The van der Waals surface area contributed by atoms with E-state index in [0.29, 0.717) is 12.1 Å². The smallest absolute Gasteiger partial charge is 0.0361 e. The maximum absolute atomic E-state index is 6.10. The van der Waals surface area contributed by atoms with E-state index in [0.717, 1.165) is 13.1 Å². The van der Waals surface area contributed by atoms with Gasteiger partial charge in [0.25, 0.3) is 0 Å². The van der Waals surface area contributed by atoms with Gasteiger partial charge in [-0.1, -0.05) is 6.92 Å². The van der Waals surface area contributed by atoms with Gasteiger partial charge in [-0.2, -0.15) is 0 Å². The molecule has 0 amide bonds. The maximum Gasteiger partial charge on any atom is 0.0361 e. The summed E-state index contributed by atoms with van der Waals surface area (Å²) < 4.78 is 0. The van der Waals surface area contributed by atoms with Gasteiger partial charge in [0, 0.05) is 24.2 Å². The largest absolute Gasteiger partial charge is 0.329 e. The number of hydrogen-bond donors (Lipinski definition) is 1. The molecule has 1 fully saturated rings. The zero-order chi connectivity index (χ0) is 12.3. The van der Waals surface area contributed by atoms with Crippen LogP contribution in [0.2, 0.25) is 0 Å². The second-order valence-electron chi connectivity index (χ2n) is 5.59. The number of nitrogens with two attached hydrogens (primary N) is 1. The van der Waals surface area contributed by atoms with Crippen molar-refractivity contribution in [3.8, 4) is 0 Å². The highest BCUT2D eigenvalue weighted by Gasteiger charge is 2.40. The van der Waals surface area contributed by atoms with E-state index in [1.54, 1.807) is 0 Å². The van der Waals surface area contributed by atoms with E-state index in [4.69, 9.17) is 5.73 Å². The monoisotopic (exact) mass is 227 g/mol. The molecule has 0 aromatic heterocycles. The fourth-order valence-electron chi connectivity index (χ4n) is 3.22. The quantitative estimate of drug-likeness (QED) is 0.790. The first-order valence-corrected chi connectivity index (χ1v) is 6.64. The van der Waals surface area contributed by atoms with Gasteiger partial charge in [0.05, 0.1) is 0 Å². The average molecular weight is 227 g/mol. The number of rotatable bonds is 4. The normalized spacial score (nSPS) is 32.6. The number of piperidine rings is 1. The summed E-state index contributed by atoms with van der Waals surface area (Å²) in [7, 11) is 2.22. The van der Waals surface area contributed by atoms with Gasteiger partial charge in [0.1, 0.15) is 0 Å². The third kappa shape index (κ3) is 2.58. The van der Waals surface area contributed by atoms with Crippen LogP contribution >= 0.6 is 0 Å². The highest BCUT2D eigenvalue weighted by molar-refractivity contribution is 4.99. The molecule has 1 heterocycles. The van der Waals surface area contributed by atoms with E-state index in [9.17, 15) is 0 Å². The summed E-state index contributed by atoms with van der Waals surface area (Å²) in [4.78, 5) is 5.04. The Bertz CT molecular complexity index is 217. The van der Waals surface area contributed by atoms with Gasteiger partial charge in [-0.25, -0.2) is 0 Å². The Morgan fingerprint density at radius 1 is 1.50 bits per heavy atom. The van der Waals surface area contributed by atoms with E-state index in [2.05, 4.69) is 44.5 Å². The van der Waals surface area contributed by atoms with Crippen molar-refractivity contribution in [3.63, 3.8) is 0 Å². The minimum atomic E-state index is 0.231. The third-order valence-electron chi connectivity index (χ3n) is 4.31. The molecule has 2 atom stereocenters. The van der Waals surface area contributed by atoms with E-state index < -0.39 is 0 Å². The topological polar surface area (TPSA) is 32.5 Å². The van der Waals surface area contributed by atoms with Crippen molar-refractivity contribution in [2.75, 3.05) is 26.7 Å². The molecule has 0 bridgehead atoms. The Morgan fingerprint density at radius 3 is 2.50 bits per heavy atom. The zero-order valence-corrected chi connectivity index (χ0v) is 11.7. The van der Waals surface area contributed by atoms with Crippen LogP contribution in [-0.4, -0.2) is 54.1 Å². The van der Waals surface area contributed by atoms with Gasteiger partial charge in [0.2, 0.25) is 0 Å².